The van der Waals surface area contributed by atoms with Gasteiger partial charge < -0.3 is 4.98 Å². The van der Waals surface area contributed by atoms with E-state index in [-0.39, 0.29) is 0 Å². The van der Waals surface area contributed by atoms with E-state index < -0.39 is 0 Å². The van der Waals surface area contributed by atoms with Crippen LogP contribution >= 0.6 is 23.6 Å². The van der Waals surface area contributed by atoms with Crippen LogP contribution < -0.4 is 0 Å². The van der Waals surface area contributed by atoms with Gasteiger partial charge in [0, 0.05) is 11.6 Å². The zero-order chi connectivity index (χ0) is 10.8. The highest BCUT2D eigenvalue weighted by Crippen LogP contribution is 2.21. The third-order valence-electron chi connectivity index (χ3n) is 2.00. The summed E-state index contributed by atoms with van der Waals surface area (Å²) in [5, 5.41) is 11.7. The summed E-state index contributed by atoms with van der Waals surface area (Å²) in [6, 6.07) is 3.98. The Labute approximate surface area is 96.0 Å². The fourth-order valence-corrected chi connectivity index (χ4v) is 2.23. The van der Waals surface area contributed by atoms with Crippen LogP contribution in [0.4, 0.5) is 0 Å². The van der Waals surface area contributed by atoms with Crippen molar-refractivity contribution in [3.8, 4) is 16.8 Å². The van der Waals surface area contributed by atoms with Crippen molar-refractivity contribution in [1.82, 2.24) is 9.97 Å². The molecular weight excluding hydrogens is 226 g/mol. The molecule has 2 aromatic rings. The van der Waals surface area contributed by atoms with E-state index in [1.54, 1.807) is 6.20 Å². The molecule has 0 aliphatic heterocycles. The number of aryl methyl sites for hydroxylation is 1. The van der Waals surface area contributed by atoms with Crippen LogP contribution in [0.2, 0.25) is 0 Å². The summed E-state index contributed by atoms with van der Waals surface area (Å²) in [6.45, 7) is 1.87. The van der Waals surface area contributed by atoms with Crippen LogP contribution in [0.5, 0.6) is 0 Å². The Balaban J connectivity index is 2.65. The molecule has 2 rings (SSSR count). The average Bonchev–Trinajstić information content (AvgIpc) is 2.69. The third kappa shape index (κ3) is 1.82. The number of thiazole rings is 1. The van der Waals surface area contributed by atoms with Gasteiger partial charge in [0.05, 0.1) is 11.3 Å². The second-order valence-electron chi connectivity index (χ2n) is 3.02. The fraction of sp³-hybridized carbons (Fsp3) is 0.100. The number of nitrogens with zero attached hydrogens (tertiary/aromatic N) is 2. The molecule has 0 bridgehead atoms. The smallest absolute Gasteiger partial charge is 0.139 e. The SMILES string of the molecule is Cc1cc(-c2nccs2)[nH]c(=S)c1C#N. The van der Waals surface area contributed by atoms with Gasteiger partial charge in [0.1, 0.15) is 15.7 Å². The van der Waals surface area contributed by atoms with Gasteiger partial charge in [0.25, 0.3) is 0 Å². The molecule has 0 saturated heterocycles. The van der Waals surface area contributed by atoms with Gasteiger partial charge in [-0.3, -0.25) is 0 Å². The Morgan fingerprint density at radius 3 is 2.93 bits per heavy atom. The average molecular weight is 233 g/mol. The Morgan fingerprint density at radius 1 is 1.60 bits per heavy atom. The third-order valence-corrected chi connectivity index (χ3v) is 3.12. The molecule has 0 aliphatic rings. The van der Waals surface area contributed by atoms with E-state index in [0.29, 0.717) is 10.2 Å². The summed E-state index contributed by atoms with van der Waals surface area (Å²) in [6.07, 6.45) is 1.74. The number of nitrogens with one attached hydrogen (secondary N) is 1. The molecule has 2 heterocycles. The molecule has 0 aliphatic carbocycles. The van der Waals surface area contributed by atoms with Crippen LogP contribution in [0, 0.1) is 22.9 Å². The minimum absolute atomic E-state index is 0.475. The van der Waals surface area contributed by atoms with Crippen molar-refractivity contribution in [1.29, 1.82) is 5.26 Å². The van der Waals surface area contributed by atoms with Crippen LogP contribution in [0.25, 0.3) is 10.7 Å². The maximum absolute atomic E-state index is 8.87. The highest BCUT2D eigenvalue weighted by atomic mass is 32.1. The van der Waals surface area contributed by atoms with Gasteiger partial charge in [-0.25, -0.2) is 4.98 Å². The van der Waals surface area contributed by atoms with E-state index in [4.69, 9.17) is 17.5 Å². The number of aromatic amines is 1. The van der Waals surface area contributed by atoms with Crippen LogP contribution in [-0.4, -0.2) is 9.97 Å². The first-order valence-corrected chi connectivity index (χ1v) is 5.55. The van der Waals surface area contributed by atoms with Gasteiger partial charge in [0.15, 0.2) is 0 Å². The molecule has 0 radical (unpaired) electrons. The summed E-state index contributed by atoms with van der Waals surface area (Å²) in [7, 11) is 0. The first-order chi connectivity index (χ1) is 7.22. The maximum Gasteiger partial charge on any atom is 0.139 e. The number of pyridine rings is 1. The normalized spacial score (nSPS) is 9.87. The van der Waals surface area contributed by atoms with Gasteiger partial charge in [-0.15, -0.1) is 11.3 Å². The van der Waals surface area contributed by atoms with Gasteiger partial charge in [-0.05, 0) is 18.6 Å². The molecule has 0 spiro atoms. The molecule has 0 fully saturated rings. The van der Waals surface area contributed by atoms with Crippen molar-refractivity contribution in [2.24, 2.45) is 0 Å². The predicted molar refractivity (Wildman–Crippen MR) is 62.2 cm³/mol. The Kier molecular flexibility index (Phi) is 2.62. The van der Waals surface area contributed by atoms with E-state index in [9.17, 15) is 0 Å². The van der Waals surface area contributed by atoms with Crippen LogP contribution in [-0.2, 0) is 0 Å². The lowest BCUT2D eigenvalue weighted by atomic mass is 10.1. The lowest BCUT2D eigenvalue weighted by Crippen LogP contribution is -1.91. The molecule has 15 heavy (non-hydrogen) atoms. The van der Waals surface area contributed by atoms with Gasteiger partial charge in [-0.1, -0.05) is 12.2 Å². The number of hydrogen-bond donors (Lipinski definition) is 1. The standard InChI is InChI=1S/C10H7N3S2/c1-6-4-8(10-12-2-3-15-10)13-9(14)7(6)5-11/h2-4H,1H3,(H,13,14). The Bertz CT molecular complexity index is 576. The van der Waals surface area contributed by atoms with Crippen molar-refractivity contribution < 1.29 is 0 Å². The molecule has 1 N–H and O–H groups in total. The fourth-order valence-electron chi connectivity index (χ4n) is 1.30. The number of hydrogen-bond acceptors (Lipinski definition) is 4. The minimum atomic E-state index is 0.475. The van der Waals surface area contributed by atoms with Crippen molar-refractivity contribution >= 4 is 23.6 Å². The van der Waals surface area contributed by atoms with Gasteiger partial charge in [0.2, 0.25) is 0 Å². The molecule has 74 valence electrons. The van der Waals surface area contributed by atoms with E-state index in [1.807, 2.05) is 18.4 Å². The van der Waals surface area contributed by atoms with E-state index >= 15 is 0 Å². The van der Waals surface area contributed by atoms with Crippen molar-refractivity contribution in [3.05, 3.63) is 33.4 Å². The Hall–Kier alpha value is -1.51. The number of nitriles is 1. The first-order valence-electron chi connectivity index (χ1n) is 4.26. The lowest BCUT2D eigenvalue weighted by molar-refractivity contribution is 1.22. The number of H-pyrrole nitrogens is 1. The zero-order valence-corrected chi connectivity index (χ0v) is 9.58. The van der Waals surface area contributed by atoms with E-state index in [0.717, 1.165) is 16.3 Å². The summed E-state index contributed by atoms with van der Waals surface area (Å²) in [5.41, 5.74) is 2.28. The highest BCUT2D eigenvalue weighted by molar-refractivity contribution is 7.71. The largest absolute Gasteiger partial charge is 0.343 e. The molecule has 0 saturated carbocycles. The summed E-state index contributed by atoms with van der Waals surface area (Å²) in [5.74, 6) is 0. The van der Waals surface area contributed by atoms with E-state index in [1.165, 1.54) is 11.3 Å². The van der Waals surface area contributed by atoms with Crippen LogP contribution in [0.15, 0.2) is 17.6 Å². The van der Waals surface area contributed by atoms with Crippen LogP contribution in [0.3, 0.4) is 0 Å². The number of rotatable bonds is 1. The minimum Gasteiger partial charge on any atom is -0.343 e. The second kappa shape index (κ2) is 3.93. The zero-order valence-electron chi connectivity index (χ0n) is 7.94. The van der Waals surface area contributed by atoms with Crippen molar-refractivity contribution in [3.63, 3.8) is 0 Å². The highest BCUT2D eigenvalue weighted by Gasteiger charge is 2.06. The number of aromatic nitrogens is 2. The molecule has 0 amide bonds. The van der Waals surface area contributed by atoms with E-state index in [2.05, 4.69) is 16.0 Å². The summed E-state index contributed by atoms with van der Waals surface area (Å²) in [4.78, 5) is 7.19. The molecule has 0 aromatic carbocycles. The lowest BCUT2D eigenvalue weighted by Gasteiger charge is -2.01. The maximum atomic E-state index is 8.87. The molecule has 2 aromatic heterocycles. The molecule has 0 atom stereocenters. The van der Waals surface area contributed by atoms with Crippen LogP contribution in [0.1, 0.15) is 11.1 Å². The molecule has 0 unspecified atom stereocenters. The van der Waals surface area contributed by atoms with Gasteiger partial charge >= 0.3 is 0 Å². The molecule has 5 heteroatoms. The quantitative estimate of drug-likeness (QED) is 0.770. The summed E-state index contributed by atoms with van der Waals surface area (Å²) < 4.78 is 0.475. The molecule has 3 nitrogen and oxygen atoms in total. The van der Waals surface area contributed by atoms with Gasteiger partial charge in [-0.2, -0.15) is 5.26 Å². The summed E-state index contributed by atoms with van der Waals surface area (Å²) >= 11 is 6.63. The topological polar surface area (TPSA) is 52.5 Å². The van der Waals surface area contributed by atoms with Crippen molar-refractivity contribution in [2.75, 3.05) is 0 Å². The predicted octanol–water partition coefficient (Wildman–Crippen LogP) is 3.05. The van der Waals surface area contributed by atoms with Crippen molar-refractivity contribution in [2.45, 2.75) is 6.92 Å². The first kappa shape index (κ1) is 10.0. The molecular formula is C10H7N3S2. The second-order valence-corrected chi connectivity index (χ2v) is 4.32. The monoisotopic (exact) mass is 233 g/mol. The Morgan fingerprint density at radius 2 is 2.40 bits per heavy atom.